The van der Waals surface area contributed by atoms with Gasteiger partial charge in [-0.2, -0.15) is 0 Å². The molecule has 0 fully saturated rings. The first-order valence-corrected chi connectivity index (χ1v) is 14.6. The minimum atomic E-state index is 1.11. The number of unbranched alkanes of at least 4 members (excludes halogenated alkanes) is 5. The van der Waals surface area contributed by atoms with E-state index in [1.807, 2.05) is 13.8 Å². The maximum Gasteiger partial charge on any atom is 0.0486 e. The van der Waals surface area contributed by atoms with Gasteiger partial charge in [0.05, 0.1) is 0 Å². The molecule has 192 valence electrons. The molecule has 0 aliphatic rings. The summed E-state index contributed by atoms with van der Waals surface area (Å²) < 4.78 is 4.87. The van der Waals surface area contributed by atoms with Crippen LogP contribution in [0, 0.1) is 0 Å². The summed E-state index contributed by atoms with van der Waals surface area (Å²) in [5.41, 5.74) is 2.72. The first-order chi connectivity index (χ1) is 18.3. The summed E-state index contributed by atoms with van der Waals surface area (Å²) in [6, 6.07) is 23.4. The Balaban J connectivity index is 0.00000137. The highest BCUT2D eigenvalue weighted by Crippen LogP contribution is 2.37. The highest BCUT2D eigenvalue weighted by Gasteiger charge is 2.12. The molecule has 0 atom stereocenters. The number of benzene rings is 4. The lowest BCUT2D eigenvalue weighted by atomic mass is 9.94. The van der Waals surface area contributed by atoms with Gasteiger partial charge in [0.1, 0.15) is 0 Å². The Morgan fingerprint density at radius 3 is 1.19 bits per heavy atom. The van der Waals surface area contributed by atoms with Gasteiger partial charge in [0.15, 0.2) is 0 Å². The maximum absolute atomic E-state index is 2.44. The molecule has 0 amide bonds. The molecule has 0 bridgehead atoms. The standard InChI is InChI=1S/C33H36N2.C2H6/c1-3-5-7-9-21-35-23-19-31-29-13-11-24-25(27(29)15-17-33(31)35)10-12-28-26(24)14-16-32-30(28)18-22-34(32)20-8-6-4-2;1-2/h10-19,22-23H,3-9,20-21H2,1-2H3;1-2H3. The van der Waals surface area contributed by atoms with E-state index in [9.17, 15) is 0 Å². The molecule has 6 rings (SSSR count). The molecule has 4 aromatic carbocycles. The average Bonchev–Trinajstić information content (AvgIpc) is 3.56. The number of aromatic nitrogens is 2. The predicted molar refractivity (Wildman–Crippen MR) is 165 cm³/mol. The molecule has 0 saturated heterocycles. The number of hydrogen-bond donors (Lipinski definition) is 0. The van der Waals surface area contributed by atoms with Crippen molar-refractivity contribution in [1.82, 2.24) is 9.13 Å². The molecule has 0 spiro atoms. The van der Waals surface area contributed by atoms with Crippen LogP contribution in [-0.2, 0) is 13.1 Å². The van der Waals surface area contributed by atoms with E-state index in [2.05, 4.69) is 96.0 Å². The first-order valence-electron chi connectivity index (χ1n) is 14.6. The van der Waals surface area contributed by atoms with Gasteiger partial charge in [-0.15, -0.1) is 0 Å². The lowest BCUT2D eigenvalue weighted by Crippen LogP contribution is -1.96. The molecule has 2 heterocycles. The van der Waals surface area contributed by atoms with Crippen LogP contribution in [0.5, 0.6) is 0 Å². The third-order valence-corrected chi connectivity index (χ3v) is 7.95. The van der Waals surface area contributed by atoms with Crippen LogP contribution < -0.4 is 0 Å². The van der Waals surface area contributed by atoms with E-state index in [1.54, 1.807) is 0 Å². The molecule has 37 heavy (non-hydrogen) atoms. The smallest absolute Gasteiger partial charge is 0.0486 e. The van der Waals surface area contributed by atoms with Gasteiger partial charge < -0.3 is 9.13 Å². The third-order valence-electron chi connectivity index (χ3n) is 7.95. The Morgan fingerprint density at radius 2 is 0.757 bits per heavy atom. The number of hydrogen-bond acceptors (Lipinski definition) is 0. The zero-order valence-corrected chi connectivity index (χ0v) is 23.2. The highest BCUT2D eigenvalue weighted by molar-refractivity contribution is 6.24. The lowest BCUT2D eigenvalue weighted by Gasteiger charge is -2.11. The van der Waals surface area contributed by atoms with E-state index in [1.165, 1.54) is 99.1 Å². The molecule has 0 N–H and O–H groups in total. The summed E-state index contributed by atoms with van der Waals surface area (Å²) in [4.78, 5) is 0. The second-order valence-electron chi connectivity index (χ2n) is 10.2. The third kappa shape index (κ3) is 4.63. The van der Waals surface area contributed by atoms with Crippen LogP contribution in [0.3, 0.4) is 0 Å². The first kappa shape index (κ1) is 25.4. The molecule has 2 heteroatoms. The summed E-state index contributed by atoms with van der Waals surface area (Å²) in [6.07, 6.45) is 13.5. The summed E-state index contributed by atoms with van der Waals surface area (Å²) >= 11 is 0. The van der Waals surface area contributed by atoms with Crippen LogP contribution in [0.1, 0.15) is 72.6 Å². The van der Waals surface area contributed by atoms with E-state index in [0.717, 1.165) is 13.1 Å². The fraction of sp³-hybridized carbons (Fsp3) is 0.371. The van der Waals surface area contributed by atoms with Crippen LogP contribution in [0.4, 0.5) is 0 Å². The minimum absolute atomic E-state index is 1.11. The number of fused-ring (bicyclic) bond motifs is 9. The number of rotatable bonds is 9. The van der Waals surface area contributed by atoms with Crippen LogP contribution >= 0.6 is 0 Å². The monoisotopic (exact) mass is 490 g/mol. The van der Waals surface area contributed by atoms with Crippen molar-refractivity contribution in [2.45, 2.75) is 85.7 Å². The normalized spacial score (nSPS) is 11.7. The van der Waals surface area contributed by atoms with Crippen LogP contribution in [0.2, 0.25) is 0 Å². The minimum Gasteiger partial charge on any atom is -0.347 e. The van der Waals surface area contributed by atoms with Gasteiger partial charge in [0.2, 0.25) is 0 Å². The number of aryl methyl sites for hydroxylation is 2. The van der Waals surface area contributed by atoms with Crippen molar-refractivity contribution in [2.75, 3.05) is 0 Å². The van der Waals surface area contributed by atoms with Gasteiger partial charge in [0, 0.05) is 47.3 Å². The Morgan fingerprint density at radius 1 is 0.405 bits per heavy atom. The van der Waals surface area contributed by atoms with Gasteiger partial charge in [0.25, 0.3) is 0 Å². The van der Waals surface area contributed by atoms with Gasteiger partial charge in [-0.05, 0) is 69.4 Å². The highest BCUT2D eigenvalue weighted by atomic mass is 15.0. The van der Waals surface area contributed by atoms with Crippen LogP contribution in [0.25, 0.3) is 54.1 Å². The van der Waals surface area contributed by atoms with E-state index < -0.39 is 0 Å². The molecule has 0 radical (unpaired) electrons. The van der Waals surface area contributed by atoms with Crippen molar-refractivity contribution in [3.63, 3.8) is 0 Å². The average molecular weight is 491 g/mol. The fourth-order valence-corrected chi connectivity index (χ4v) is 6.03. The second-order valence-corrected chi connectivity index (χ2v) is 10.2. The van der Waals surface area contributed by atoms with Gasteiger partial charge in [-0.25, -0.2) is 0 Å². The Hall–Kier alpha value is -3.26. The molecule has 2 nitrogen and oxygen atoms in total. The summed E-state index contributed by atoms with van der Waals surface area (Å²) in [5.74, 6) is 0. The fourth-order valence-electron chi connectivity index (χ4n) is 6.03. The van der Waals surface area contributed by atoms with Crippen molar-refractivity contribution >= 4 is 54.1 Å². The van der Waals surface area contributed by atoms with Crippen molar-refractivity contribution in [2.24, 2.45) is 0 Å². The Kier molecular flexibility index (Phi) is 7.84. The number of nitrogens with zero attached hydrogens (tertiary/aromatic N) is 2. The molecule has 0 unspecified atom stereocenters. The second kappa shape index (κ2) is 11.4. The van der Waals surface area contributed by atoms with E-state index in [-0.39, 0.29) is 0 Å². The SMILES string of the molecule is CC.CCCCCCn1ccc2c3ccc4c(ccc5c4ccc4c5ccn4CCCCC)c3ccc21. The predicted octanol–water partition coefficient (Wildman–Crippen LogP) is 10.9. The van der Waals surface area contributed by atoms with Crippen LogP contribution in [-0.4, -0.2) is 9.13 Å². The quantitative estimate of drug-likeness (QED) is 0.141. The Labute approximate surface area is 221 Å². The van der Waals surface area contributed by atoms with Crippen molar-refractivity contribution < 1.29 is 0 Å². The van der Waals surface area contributed by atoms with E-state index >= 15 is 0 Å². The zero-order chi connectivity index (χ0) is 25.8. The maximum atomic E-state index is 2.44. The zero-order valence-electron chi connectivity index (χ0n) is 23.2. The van der Waals surface area contributed by atoms with Crippen molar-refractivity contribution in [1.29, 1.82) is 0 Å². The summed E-state index contributed by atoms with van der Waals surface area (Å²) in [5, 5.41) is 10.9. The molecular formula is C35H42N2. The van der Waals surface area contributed by atoms with Crippen molar-refractivity contribution in [3.05, 3.63) is 73.1 Å². The van der Waals surface area contributed by atoms with Gasteiger partial charge in [-0.1, -0.05) is 96.2 Å². The molecule has 2 aromatic heterocycles. The molecule has 0 saturated carbocycles. The molecule has 0 aliphatic heterocycles. The topological polar surface area (TPSA) is 9.86 Å². The Bertz CT molecular complexity index is 1650. The van der Waals surface area contributed by atoms with Gasteiger partial charge >= 0.3 is 0 Å². The van der Waals surface area contributed by atoms with Crippen molar-refractivity contribution in [3.8, 4) is 0 Å². The lowest BCUT2D eigenvalue weighted by molar-refractivity contribution is 0.594. The molecular weight excluding hydrogens is 448 g/mol. The molecule has 0 aliphatic carbocycles. The van der Waals surface area contributed by atoms with Crippen LogP contribution in [0.15, 0.2) is 73.1 Å². The summed E-state index contributed by atoms with van der Waals surface area (Å²) in [7, 11) is 0. The van der Waals surface area contributed by atoms with E-state index in [0.29, 0.717) is 0 Å². The summed E-state index contributed by atoms with van der Waals surface area (Å²) in [6.45, 7) is 10.8. The largest absolute Gasteiger partial charge is 0.347 e. The van der Waals surface area contributed by atoms with E-state index in [4.69, 9.17) is 0 Å². The van der Waals surface area contributed by atoms with Gasteiger partial charge in [-0.3, -0.25) is 0 Å². The molecule has 6 aromatic rings.